The number of aryl methyl sites for hydroxylation is 2. The predicted octanol–water partition coefficient (Wildman–Crippen LogP) is 5.75. The maximum absolute atomic E-state index is 14.1. The van der Waals surface area contributed by atoms with Gasteiger partial charge in [-0.25, -0.2) is 4.98 Å². The Morgan fingerprint density at radius 1 is 0.870 bits per heavy atom. The fraction of sp³-hybridized carbons (Fsp3) is 0.500. The van der Waals surface area contributed by atoms with Gasteiger partial charge in [-0.3, -0.25) is 0 Å². The summed E-state index contributed by atoms with van der Waals surface area (Å²) in [6, 6.07) is 8.15. The van der Waals surface area contributed by atoms with Crippen molar-refractivity contribution in [2.24, 2.45) is 0 Å². The van der Waals surface area contributed by atoms with Crippen LogP contribution < -0.4 is 0 Å². The largest absolute Gasteiger partial charge is 0.236 e. The van der Waals surface area contributed by atoms with Crippen molar-refractivity contribution in [1.29, 1.82) is 0 Å². The van der Waals surface area contributed by atoms with E-state index in [0.717, 1.165) is 31.2 Å². The maximum Gasteiger partial charge on any atom is 0.219 e. The molecule has 0 amide bonds. The van der Waals surface area contributed by atoms with E-state index in [4.69, 9.17) is 0 Å². The van der Waals surface area contributed by atoms with E-state index < -0.39 is 0 Å². The van der Waals surface area contributed by atoms with Gasteiger partial charge in [0, 0.05) is 17.3 Å². The van der Waals surface area contributed by atoms with Crippen molar-refractivity contribution >= 4 is 0 Å². The SMILES string of the molecule is CCCCCCc1cnc(-c2ccc(CCCC)cc2)nc1F. The normalized spacial score (nSPS) is 10.9. The van der Waals surface area contributed by atoms with Crippen LogP contribution in [-0.2, 0) is 12.8 Å². The summed E-state index contributed by atoms with van der Waals surface area (Å²) in [5.74, 6) is 0.100. The zero-order valence-corrected chi connectivity index (χ0v) is 14.3. The second-order valence-corrected chi connectivity index (χ2v) is 6.12. The monoisotopic (exact) mass is 314 g/mol. The van der Waals surface area contributed by atoms with E-state index in [9.17, 15) is 4.39 Å². The molecule has 0 unspecified atom stereocenters. The Bertz CT molecular complexity index is 593. The van der Waals surface area contributed by atoms with Crippen LogP contribution in [-0.4, -0.2) is 9.97 Å². The molecule has 23 heavy (non-hydrogen) atoms. The highest BCUT2D eigenvalue weighted by Gasteiger charge is 2.08. The van der Waals surface area contributed by atoms with Gasteiger partial charge in [0.1, 0.15) is 0 Å². The van der Waals surface area contributed by atoms with Crippen molar-refractivity contribution in [3.8, 4) is 11.4 Å². The average molecular weight is 314 g/mol. The highest BCUT2D eigenvalue weighted by molar-refractivity contribution is 5.55. The average Bonchev–Trinajstić information content (AvgIpc) is 2.58. The predicted molar refractivity (Wildman–Crippen MR) is 93.9 cm³/mol. The van der Waals surface area contributed by atoms with Crippen molar-refractivity contribution in [2.75, 3.05) is 0 Å². The van der Waals surface area contributed by atoms with Crippen LogP contribution in [0.25, 0.3) is 11.4 Å². The third-order valence-electron chi connectivity index (χ3n) is 4.14. The molecule has 0 radical (unpaired) electrons. The number of unbranched alkanes of at least 4 members (excludes halogenated alkanes) is 4. The smallest absolute Gasteiger partial charge is 0.219 e. The minimum Gasteiger partial charge on any atom is -0.236 e. The Kier molecular flexibility index (Phi) is 7.18. The van der Waals surface area contributed by atoms with Crippen molar-refractivity contribution in [1.82, 2.24) is 9.97 Å². The van der Waals surface area contributed by atoms with Crippen molar-refractivity contribution in [3.63, 3.8) is 0 Å². The lowest BCUT2D eigenvalue weighted by Crippen LogP contribution is -1.99. The Labute approximate surface area is 139 Å². The first kappa shape index (κ1) is 17.6. The van der Waals surface area contributed by atoms with Gasteiger partial charge in [0.2, 0.25) is 5.95 Å². The zero-order chi connectivity index (χ0) is 16.5. The zero-order valence-electron chi connectivity index (χ0n) is 14.3. The van der Waals surface area contributed by atoms with Crippen LogP contribution in [0.3, 0.4) is 0 Å². The first-order valence-corrected chi connectivity index (χ1v) is 8.85. The van der Waals surface area contributed by atoms with Crippen LogP contribution in [0.15, 0.2) is 30.5 Å². The molecule has 0 fully saturated rings. The second kappa shape index (κ2) is 9.39. The molecule has 0 spiro atoms. The molecular formula is C20H27FN2. The van der Waals surface area contributed by atoms with Crippen molar-refractivity contribution in [2.45, 2.75) is 65.2 Å². The van der Waals surface area contributed by atoms with E-state index in [2.05, 4.69) is 35.9 Å². The second-order valence-electron chi connectivity index (χ2n) is 6.12. The molecule has 2 rings (SSSR count). The van der Waals surface area contributed by atoms with Gasteiger partial charge in [-0.15, -0.1) is 0 Å². The standard InChI is InChI=1S/C20H27FN2/c1-3-5-7-8-10-18-15-22-20(23-19(18)21)17-13-11-16(12-14-17)9-6-4-2/h11-15H,3-10H2,1-2H3. The number of aromatic nitrogens is 2. The van der Waals surface area contributed by atoms with Crippen LogP contribution in [0.2, 0.25) is 0 Å². The summed E-state index contributed by atoms with van der Waals surface area (Å²) in [6.45, 7) is 4.36. The number of hydrogen-bond donors (Lipinski definition) is 0. The van der Waals surface area contributed by atoms with E-state index in [1.54, 1.807) is 6.20 Å². The molecule has 124 valence electrons. The molecule has 0 aliphatic heterocycles. The molecule has 1 heterocycles. The first-order valence-electron chi connectivity index (χ1n) is 8.85. The fourth-order valence-corrected chi connectivity index (χ4v) is 2.64. The number of nitrogens with zero attached hydrogens (tertiary/aromatic N) is 2. The molecule has 3 heteroatoms. The molecule has 0 aliphatic carbocycles. The lowest BCUT2D eigenvalue weighted by atomic mass is 10.1. The van der Waals surface area contributed by atoms with Gasteiger partial charge in [-0.1, -0.05) is 63.8 Å². The van der Waals surface area contributed by atoms with E-state index >= 15 is 0 Å². The third-order valence-corrected chi connectivity index (χ3v) is 4.14. The third kappa shape index (κ3) is 5.42. The van der Waals surface area contributed by atoms with Gasteiger partial charge in [-0.05, 0) is 31.2 Å². The Morgan fingerprint density at radius 2 is 1.61 bits per heavy atom. The maximum atomic E-state index is 14.1. The van der Waals surface area contributed by atoms with Gasteiger partial charge in [0.25, 0.3) is 0 Å². The summed E-state index contributed by atoms with van der Waals surface area (Å²) in [6.07, 6.45) is 10.4. The van der Waals surface area contributed by atoms with Crippen LogP contribution >= 0.6 is 0 Å². The molecule has 0 bridgehead atoms. The summed E-state index contributed by atoms with van der Waals surface area (Å²) in [5, 5.41) is 0. The molecule has 0 saturated carbocycles. The summed E-state index contributed by atoms with van der Waals surface area (Å²) in [7, 11) is 0. The molecule has 1 aromatic heterocycles. The van der Waals surface area contributed by atoms with Crippen LogP contribution in [0.1, 0.15) is 63.5 Å². The van der Waals surface area contributed by atoms with E-state index in [0.29, 0.717) is 11.4 Å². The first-order chi connectivity index (χ1) is 11.2. The van der Waals surface area contributed by atoms with Crippen molar-refractivity contribution < 1.29 is 4.39 Å². The quantitative estimate of drug-likeness (QED) is 0.435. The minimum absolute atomic E-state index is 0.374. The van der Waals surface area contributed by atoms with Crippen LogP contribution in [0.4, 0.5) is 4.39 Å². The fourth-order valence-electron chi connectivity index (χ4n) is 2.64. The molecule has 0 atom stereocenters. The topological polar surface area (TPSA) is 25.8 Å². The lowest BCUT2D eigenvalue weighted by Gasteiger charge is -2.06. The molecule has 0 aliphatic rings. The van der Waals surface area contributed by atoms with Crippen LogP contribution in [0, 0.1) is 5.95 Å². The van der Waals surface area contributed by atoms with Gasteiger partial charge in [0.05, 0.1) is 0 Å². The Morgan fingerprint density at radius 3 is 2.26 bits per heavy atom. The van der Waals surface area contributed by atoms with Gasteiger partial charge >= 0.3 is 0 Å². The highest BCUT2D eigenvalue weighted by atomic mass is 19.1. The van der Waals surface area contributed by atoms with Gasteiger partial charge < -0.3 is 0 Å². The molecule has 2 aromatic rings. The summed E-state index contributed by atoms with van der Waals surface area (Å²) in [5.41, 5.74) is 2.81. The number of rotatable bonds is 9. The molecule has 1 aromatic carbocycles. The van der Waals surface area contributed by atoms with E-state index in [1.807, 2.05) is 12.1 Å². The van der Waals surface area contributed by atoms with Crippen LogP contribution in [0.5, 0.6) is 0 Å². The Balaban J connectivity index is 2.01. The minimum atomic E-state index is -0.374. The summed E-state index contributed by atoms with van der Waals surface area (Å²) < 4.78 is 14.1. The van der Waals surface area contributed by atoms with Gasteiger partial charge in [0.15, 0.2) is 5.82 Å². The number of halogens is 1. The molecule has 0 N–H and O–H groups in total. The summed E-state index contributed by atoms with van der Waals surface area (Å²) >= 11 is 0. The molecule has 2 nitrogen and oxygen atoms in total. The summed E-state index contributed by atoms with van der Waals surface area (Å²) in [4.78, 5) is 8.41. The number of benzene rings is 1. The molecular weight excluding hydrogens is 287 g/mol. The number of hydrogen-bond acceptors (Lipinski definition) is 2. The molecule has 0 saturated heterocycles. The van der Waals surface area contributed by atoms with Crippen molar-refractivity contribution in [3.05, 3.63) is 47.5 Å². The van der Waals surface area contributed by atoms with E-state index in [-0.39, 0.29) is 5.95 Å². The van der Waals surface area contributed by atoms with E-state index in [1.165, 1.54) is 31.2 Å². The van der Waals surface area contributed by atoms with Gasteiger partial charge in [-0.2, -0.15) is 9.37 Å². The highest BCUT2D eigenvalue weighted by Crippen LogP contribution is 2.18. The lowest BCUT2D eigenvalue weighted by molar-refractivity contribution is 0.553. The Hall–Kier alpha value is -1.77.